The van der Waals surface area contributed by atoms with Gasteiger partial charge in [0.2, 0.25) is 5.91 Å². The minimum absolute atomic E-state index is 0.00604. The third-order valence-corrected chi connectivity index (χ3v) is 2.20. The average Bonchev–Trinajstić information content (AvgIpc) is 2.19. The van der Waals surface area contributed by atoms with Crippen LogP contribution in [-0.2, 0) is 4.79 Å². The second-order valence-electron chi connectivity index (χ2n) is 3.25. The maximum atomic E-state index is 11.4. The van der Waals surface area contributed by atoms with Crippen molar-refractivity contribution in [2.45, 2.75) is 31.7 Å². The highest BCUT2D eigenvalue weighted by Gasteiger charge is 2.19. The predicted molar refractivity (Wildman–Crippen MR) is 52.1 cm³/mol. The summed E-state index contributed by atoms with van der Waals surface area (Å²) in [7, 11) is 0. The molecule has 1 rings (SSSR count). The fourth-order valence-corrected chi connectivity index (χ4v) is 1.46. The highest BCUT2D eigenvalue weighted by Crippen LogP contribution is 2.06. The zero-order valence-electron chi connectivity index (χ0n) is 7.81. The number of hydrogen-bond donors (Lipinski definition) is 2. The smallest absolute Gasteiger partial charge is 0.237 e. The molecule has 0 aromatic rings. The van der Waals surface area contributed by atoms with Gasteiger partial charge in [0.1, 0.15) is 0 Å². The van der Waals surface area contributed by atoms with E-state index in [0.29, 0.717) is 13.0 Å². The second-order valence-corrected chi connectivity index (χ2v) is 3.25. The van der Waals surface area contributed by atoms with Gasteiger partial charge in [0.05, 0.1) is 6.04 Å². The molecule has 13 heavy (non-hydrogen) atoms. The summed E-state index contributed by atoms with van der Waals surface area (Å²) in [6.07, 6.45) is 8.95. The normalized spacial score (nSPS) is 21.9. The van der Waals surface area contributed by atoms with Crippen LogP contribution in [0.15, 0.2) is 0 Å². The third-order valence-electron chi connectivity index (χ3n) is 2.20. The van der Waals surface area contributed by atoms with Crippen LogP contribution in [0.25, 0.3) is 0 Å². The molecule has 1 aliphatic heterocycles. The summed E-state index contributed by atoms with van der Waals surface area (Å²) in [6.45, 7) is 1.54. The number of hydrogen-bond acceptors (Lipinski definition) is 2. The molecule has 0 aromatic carbocycles. The quantitative estimate of drug-likeness (QED) is 0.483. The molecule has 1 heterocycles. The van der Waals surface area contributed by atoms with Gasteiger partial charge in [-0.2, -0.15) is 0 Å². The van der Waals surface area contributed by atoms with E-state index >= 15 is 0 Å². The Bertz CT molecular complexity index is 201. The third kappa shape index (κ3) is 3.47. The van der Waals surface area contributed by atoms with Crippen molar-refractivity contribution in [2.24, 2.45) is 0 Å². The molecule has 1 fully saturated rings. The number of terminal acetylenes is 1. The molecule has 0 bridgehead atoms. The lowest BCUT2D eigenvalue weighted by Gasteiger charge is -2.22. The Balaban J connectivity index is 2.18. The van der Waals surface area contributed by atoms with Crippen molar-refractivity contribution in [3.8, 4) is 12.3 Å². The standard InChI is InChI=1S/C10H16N2O/c1-2-3-7-12-10(13)9-6-4-5-8-11-9/h1,9,11H,3-8H2,(H,12,13)/t9-/m1/s1. The summed E-state index contributed by atoms with van der Waals surface area (Å²) in [5, 5.41) is 5.99. The Labute approximate surface area is 79.3 Å². The number of amides is 1. The zero-order valence-corrected chi connectivity index (χ0v) is 7.81. The molecular formula is C10H16N2O. The molecule has 3 heteroatoms. The molecular weight excluding hydrogens is 164 g/mol. The maximum absolute atomic E-state index is 11.4. The van der Waals surface area contributed by atoms with Gasteiger partial charge < -0.3 is 10.6 Å². The SMILES string of the molecule is C#CCCNC(=O)[C@H]1CCCCN1. The lowest BCUT2D eigenvalue weighted by atomic mass is 10.0. The largest absolute Gasteiger partial charge is 0.354 e. The minimum Gasteiger partial charge on any atom is -0.354 e. The summed E-state index contributed by atoms with van der Waals surface area (Å²) in [5.41, 5.74) is 0. The van der Waals surface area contributed by atoms with E-state index < -0.39 is 0 Å². The van der Waals surface area contributed by atoms with Crippen LogP contribution < -0.4 is 10.6 Å². The average molecular weight is 180 g/mol. The summed E-state index contributed by atoms with van der Waals surface area (Å²) in [4.78, 5) is 11.4. The molecule has 1 atom stereocenters. The molecule has 72 valence electrons. The minimum atomic E-state index is 0.00604. The van der Waals surface area contributed by atoms with Crippen molar-refractivity contribution in [3.63, 3.8) is 0 Å². The van der Waals surface area contributed by atoms with Crippen LogP contribution in [0.3, 0.4) is 0 Å². The summed E-state index contributed by atoms with van der Waals surface area (Å²) in [5.74, 6) is 2.58. The van der Waals surface area contributed by atoms with Crippen LogP contribution in [0.1, 0.15) is 25.7 Å². The highest BCUT2D eigenvalue weighted by atomic mass is 16.2. The van der Waals surface area contributed by atoms with Crippen molar-refractivity contribution < 1.29 is 4.79 Å². The summed E-state index contributed by atoms with van der Waals surface area (Å²) in [6, 6.07) is 0.00604. The van der Waals surface area contributed by atoms with Gasteiger partial charge >= 0.3 is 0 Å². The first-order chi connectivity index (χ1) is 6.34. The molecule has 0 aliphatic carbocycles. The molecule has 1 amide bonds. The van der Waals surface area contributed by atoms with E-state index in [1.165, 1.54) is 6.42 Å². The molecule has 1 saturated heterocycles. The maximum Gasteiger partial charge on any atom is 0.237 e. The lowest BCUT2D eigenvalue weighted by Crippen LogP contribution is -2.46. The van der Waals surface area contributed by atoms with Crippen LogP contribution in [0, 0.1) is 12.3 Å². The van der Waals surface area contributed by atoms with Gasteiger partial charge in [0.25, 0.3) is 0 Å². The van der Waals surface area contributed by atoms with Crippen LogP contribution in [0.2, 0.25) is 0 Å². The number of carbonyl (C=O) groups excluding carboxylic acids is 1. The molecule has 0 aromatic heterocycles. The van der Waals surface area contributed by atoms with E-state index in [4.69, 9.17) is 6.42 Å². The Hall–Kier alpha value is -1.01. The zero-order chi connectivity index (χ0) is 9.52. The van der Waals surface area contributed by atoms with E-state index in [-0.39, 0.29) is 11.9 Å². The van der Waals surface area contributed by atoms with E-state index in [1.807, 2.05) is 0 Å². The molecule has 0 radical (unpaired) electrons. The van der Waals surface area contributed by atoms with Crippen LogP contribution >= 0.6 is 0 Å². The van der Waals surface area contributed by atoms with E-state index in [2.05, 4.69) is 16.6 Å². The lowest BCUT2D eigenvalue weighted by molar-refractivity contribution is -0.123. The van der Waals surface area contributed by atoms with Crippen molar-refractivity contribution in [1.29, 1.82) is 0 Å². The Morgan fingerprint density at radius 2 is 2.46 bits per heavy atom. The molecule has 1 aliphatic rings. The number of nitrogens with one attached hydrogen (secondary N) is 2. The Kier molecular flexibility index (Phi) is 4.34. The van der Waals surface area contributed by atoms with E-state index in [9.17, 15) is 4.79 Å². The summed E-state index contributed by atoms with van der Waals surface area (Å²) >= 11 is 0. The van der Waals surface area contributed by atoms with Crippen molar-refractivity contribution in [2.75, 3.05) is 13.1 Å². The molecule has 0 saturated carbocycles. The first-order valence-corrected chi connectivity index (χ1v) is 4.79. The van der Waals surface area contributed by atoms with Crippen LogP contribution in [0.5, 0.6) is 0 Å². The second kappa shape index (κ2) is 5.60. The van der Waals surface area contributed by atoms with Gasteiger partial charge in [0.15, 0.2) is 0 Å². The van der Waals surface area contributed by atoms with Gasteiger partial charge in [-0.15, -0.1) is 12.3 Å². The predicted octanol–water partition coefficient (Wildman–Crippen LogP) is 0.268. The molecule has 0 unspecified atom stereocenters. The van der Waals surface area contributed by atoms with Gasteiger partial charge in [0, 0.05) is 13.0 Å². The van der Waals surface area contributed by atoms with Crippen molar-refractivity contribution in [3.05, 3.63) is 0 Å². The first kappa shape index (κ1) is 10.1. The van der Waals surface area contributed by atoms with Crippen LogP contribution in [-0.4, -0.2) is 25.0 Å². The fraction of sp³-hybridized carbons (Fsp3) is 0.700. The van der Waals surface area contributed by atoms with Crippen LogP contribution in [0.4, 0.5) is 0 Å². The number of piperidine rings is 1. The van der Waals surface area contributed by atoms with E-state index in [0.717, 1.165) is 19.4 Å². The first-order valence-electron chi connectivity index (χ1n) is 4.79. The molecule has 3 nitrogen and oxygen atoms in total. The van der Waals surface area contributed by atoms with Gasteiger partial charge in [-0.3, -0.25) is 4.79 Å². The fourth-order valence-electron chi connectivity index (χ4n) is 1.46. The Morgan fingerprint density at radius 1 is 1.62 bits per heavy atom. The molecule has 2 N–H and O–H groups in total. The van der Waals surface area contributed by atoms with Gasteiger partial charge in [-0.05, 0) is 19.4 Å². The summed E-state index contributed by atoms with van der Waals surface area (Å²) < 4.78 is 0. The van der Waals surface area contributed by atoms with Gasteiger partial charge in [-0.1, -0.05) is 6.42 Å². The van der Waals surface area contributed by atoms with E-state index in [1.54, 1.807) is 0 Å². The van der Waals surface area contributed by atoms with Crippen molar-refractivity contribution >= 4 is 5.91 Å². The Morgan fingerprint density at radius 3 is 3.08 bits per heavy atom. The molecule has 0 spiro atoms. The monoisotopic (exact) mass is 180 g/mol. The number of carbonyl (C=O) groups is 1. The highest BCUT2D eigenvalue weighted by molar-refractivity contribution is 5.81. The van der Waals surface area contributed by atoms with Gasteiger partial charge in [-0.25, -0.2) is 0 Å². The van der Waals surface area contributed by atoms with Crippen molar-refractivity contribution in [1.82, 2.24) is 10.6 Å². The number of rotatable bonds is 3. The topological polar surface area (TPSA) is 41.1 Å².